The van der Waals surface area contributed by atoms with Gasteiger partial charge in [-0.05, 0) is 31.0 Å². The number of aryl methyl sites for hydroxylation is 1. The zero-order valence-electron chi connectivity index (χ0n) is 12.7. The van der Waals surface area contributed by atoms with E-state index in [1.54, 1.807) is 29.6 Å². The highest BCUT2D eigenvalue weighted by Crippen LogP contribution is 2.20. The number of benzene rings is 1. The van der Waals surface area contributed by atoms with E-state index in [1.165, 1.54) is 17.6 Å². The molecule has 22 heavy (non-hydrogen) atoms. The molecule has 1 heterocycles. The van der Waals surface area contributed by atoms with Crippen LogP contribution in [0.4, 0.5) is 0 Å². The van der Waals surface area contributed by atoms with Crippen LogP contribution in [-0.4, -0.2) is 25.6 Å². The molecule has 0 aliphatic carbocycles. The van der Waals surface area contributed by atoms with E-state index in [4.69, 9.17) is 0 Å². The molecule has 0 bridgehead atoms. The molecule has 2 rings (SSSR count). The van der Waals surface area contributed by atoms with E-state index < -0.39 is 9.84 Å². The number of aromatic nitrogens is 1. The first-order chi connectivity index (χ1) is 10.3. The Morgan fingerprint density at radius 2 is 1.95 bits per heavy atom. The van der Waals surface area contributed by atoms with Gasteiger partial charge < -0.3 is 5.32 Å². The van der Waals surface area contributed by atoms with Crippen molar-refractivity contribution in [1.82, 2.24) is 10.3 Å². The Labute approximate surface area is 134 Å². The van der Waals surface area contributed by atoms with Gasteiger partial charge in [0.05, 0.1) is 15.9 Å². The molecule has 1 unspecified atom stereocenters. The number of amides is 1. The van der Waals surface area contributed by atoms with Crippen LogP contribution in [0.1, 0.15) is 40.4 Å². The second-order valence-electron chi connectivity index (χ2n) is 5.03. The zero-order valence-corrected chi connectivity index (χ0v) is 14.3. The molecule has 1 atom stereocenters. The summed E-state index contributed by atoms with van der Waals surface area (Å²) in [5.41, 5.74) is 1.28. The van der Waals surface area contributed by atoms with Gasteiger partial charge in [0.1, 0.15) is 5.69 Å². The van der Waals surface area contributed by atoms with Crippen LogP contribution in [0.3, 0.4) is 0 Å². The Morgan fingerprint density at radius 1 is 1.32 bits per heavy atom. The van der Waals surface area contributed by atoms with Crippen LogP contribution in [0.25, 0.3) is 0 Å². The number of carbonyl (C=O) groups is 1. The van der Waals surface area contributed by atoms with Gasteiger partial charge in [0.2, 0.25) is 0 Å². The third kappa shape index (κ3) is 3.92. The van der Waals surface area contributed by atoms with Crippen LogP contribution in [0.5, 0.6) is 0 Å². The predicted molar refractivity (Wildman–Crippen MR) is 86.9 cm³/mol. The number of sulfone groups is 1. The van der Waals surface area contributed by atoms with Gasteiger partial charge in [-0.3, -0.25) is 4.79 Å². The molecule has 1 aromatic heterocycles. The number of nitrogens with zero attached hydrogens (tertiary/aromatic N) is 1. The lowest BCUT2D eigenvalue weighted by Gasteiger charge is -2.17. The van der Waals surface area contributed by atoms with Crippen molar-refractivity contribution >= 4 is 27.1 Å². The molecule has 118 valence electrons. The summed E-state index contributed by atoms with van der Waals surface area (Å²) in [7, 11) is -3.21. The maximum atomic E-state index is 12.2. The van der Waals surface area contributed by atoms with E-state index >= 15 is 0 Å². The molecule has 1 N–H and O–H groups in total. The van der Waals surface area contributed by atoms with Crippen molar-refractivity contribution in [3.63, 3.8) is 0 Å². The molecule has 7 heteroatoms. The van der Waals surface area contributed by atoms with E-state index in [9.17, 15) is 13.2 Å². The van der Waals surface area contributed by atoms with Crippen molar-refractivity contribution in [3.05, 3.63) is 45.9 Å². The summed E-state index contributed by atoms with van der Waals surface area (Å²) in [5, 5.41) is 5.50. The zero-order chi connectivity index (χ0) is 16.3. The Bertz CT molecular complexity index is 764. The van der Waals surface area contributed by atoms with Crippen LogP contribution >= 0.6 is 11.3 Å². The maximum absolute atomic E-state index is 12.2. The molecule has 0 spiro atoms. The summed E-state index contributed by atoms with van der Waals surface area (Å²) in [6, 6.07) is 6.41. The lowest BCUT2D eigenvalue weighted by molar-refractivity contribution is 0.0931. The Kier molecular flexibility index (Phi) is 4.97. The lowest BCUT2D eigenvalue weighted by atomic mass is 10.0. The summed E-state index contributed by atoms with van der Waals surface area (Å²) in [5.74, 6) is -0.219. The second kappa shape index (κ2) is 6.58. The van der Waals surface area contributed by atoms with Gasteiger partial charge in [-0.25, -0.2) is 13.4 Å². The maximum Gasteiger partial charge on any atom is 0.271 e. The van der Waals surface area contributed by atoms with Gasteiger partial charge in [-0.15, -0.1) is 11.3 Å². The van der Waals surface area contributed by atoms with Gasteiger partial charge in [0, 0.05) is 11.6 Å². The van der Waals surface area contributed by atoms with Gasteiger partial charge >= 0.3 is 0 Å². The minimum absolute atomic E-state index is 0.178. The van der Waals surface area contributed by atoms with Crippen LogP contribution in [0.2, 0.25) is 0 Å². The Hall–Kier alpha value is -1.73. The molecule has 1 amide bonds. The fourth-order valence-corrected chi connectivity index (χ4v) is 3.29. The van der Waals surface area contributed by atoms with E-state index in [-0.39, 0.29) is 16.8 Å². The highest BCUT2D eigenvalue weighted by Gasteiger charge is 2.16. The van der Waals surface area contributed by atoms with E-state index in [0.29, 0.717) is 12.1 Å². The highest BCUT2D eigenvalue weighted by atomic mass is 32.2. The van der Waals surface area contributed by atoms with E-state index in [1.807, 2.05) is 13.8 Å². The van der Waals surface area contributed by atoms with Crippen molar-refractivity contribution in [2.24, 2.45) is 0 Å². The number of rotatable bonds is 5. The third-order valence-corrected chi connectivity index (χ3v) is 5.18. The number of carbonyl (C=O) groups excluding carboxylic acids is 1. The molecule has 5 nitrogen and oxygen atoms in total. The number of thiazole rings is 1. The average Bonchev–Trinajstić information content (AvgIpc) is 2.90. The quantitative estimate of drug-likeness (QED) is 0.909. The predicted octanol–water partition coefficient (Wildman–Crippen LogP) is 2.74. The first-order valence-electron chi connectivity index (χ1n) is 6.84. The smallest absolute Gasteiger partial charge is 0.271 e. The Balaban J connectivity index is 2.16. The number of hydrogen-bond donors (Lipinski definition) is 1. The molecule has 0 fully saturated rings. The number of hydrogen-bond acceptors (Lipinski definition) is 5. The summed E-state index contributed by atoms with van der Waals surface area (Å²) >= 11 is 1.43. The van der Waals surface area contributed by atoms with E-state index in [2.05, 4.69) is 10.3 Å². The van der Waals surface area contributed by atoms with Crippen molar-refractivity contribution in [2.75, 3.05) is 6.26 Å². The highest BCUT2D eigenvalue weighted by molar-refractivity contribution is 7.90. The molecule has 0 radical (unpaired) electrons. The van der Waals surface area contributed by atoms with Crippen LogP contribution < -0.4 is 5.32 Å². The van der Waals surface area contributed by atoms with Crippen molar-refractivity contribution in [3.8, 4) is 0 Å². The second-order valence-corrected chi connectivity index (χ2v) is 8.11. The summed E-state index contributed by atoms with van der Waals surface area (Å²) < 4.78 is 22.9. The van der Waals surface area contributed by atoms with Gasteiger partial charge in [0.15, 0.2) is 9.84 Å². The minimum Gasteiger partial charge on any atom is -0.344 e. The van der Waals surface area contributed by atoms with Crippen LogP contribution in [0, 0.1) is 6.92 Å². The van der Waals surface area contributed by atoms with Crippen LogP contribution in [-0.2, 0) is 9.84 Å². The molecule has 0 aliphatic heterocycles. The topological polar surface area (TPSA) is 76.1 Å². The third-order valence-electron chi connectivity index (χ3n) is 3.28. The minimum atomic E-state index is -3.21. The lowest BCUT2D eigenvalue weighted by Crippen LogP contribution is -2.28. The van der Waals surface area contributed by atoms with Crippen molar-refractivity contribution in [1.29, 1.82) is 0 Å². The van der Waals surface area contributed by atoms with Gasteiger partial charge in [-0.1, -0.05) is 19.1 Å². The summed E-state index contributed by atoms with van der Waals surface area (Å²) in [4.78, 5) is 16.6. The number of nitrogens with one attached hydrogen (secondary N) is 1. The molecular formula is C15H18N2O3S2. The molecule has 1 aromatic carbocycles. The summed E-state index contributed by atoms with van der Waals surface area (Å²) in [6.45, 7) is 3.81. The summed E-state index contributed by atoms with van der Waals surface area (Å²) in [6.07, 6.45) is 1.87. The van der Waals surface area contributed by atoms with Gasteiger partial charge in [-0.2, -0.15) is 0 Å². The van der Waals surface area contributed by atoms with Gasteiger partial charge in [0.25, 0.3) is 5.91 Å². The first kappa shape index (κ1) is 16.6. The van der Waals surface area contributed by atoms with Crippen molar-refractivity contribution in [2.45, 2.75) is 31.2 Å². The fourth-order valence-electron chi connectivity index (χ4n) is 2.07. The monoisotopic (exact) mass is 338 g/mol. The first-order valence-corrected chi connectivity index (χ1v) is 9.61. The van der Waals surface area contributed by atoms with Crippen LogP contribution in [0.15, 0.2) is 34.5 Å². The standard InChI is InChI=1S/C15H18N2O3S2/c1-4-13(17-15(18)14-9-21-10(2)16-14)11-5-7-12(8-6-11)22(3,19)20/h5-9,13H,4H2,1-3H3,(H,17,18). The SMILES string of the molecule is CCC(NC(=O)c1csc(C)n1)c1ccc(S(C)(=O)=O)cc1. The Morgan fingerprint density at radius 3 is 2.41 bits per heavy atom. The average molecular weight is 338 g/mol. The largest absolute Gasteiger partial charge is 0.344 e. The molecular weight excluding hydrogens is 320 g/mol. The van der Waals surface area contributed by atoms with E-state index in [0.717, 1.165) is 10.6 Å². The molecule has 2 aromatic rings. The normalized spacial score (nSPS) is 12.9. The fraction of sp³-hybridized carbons (Fsp3) is 0.333. The van der Waals surface area contributed by atoms with Crippen molar-refractivity contribution < 1.29 is 13.2 Å². The molecule has 0 saturated heterocycles. The molecule has 0 saturated carbocycles. The molecule has 0 aliphatic rings.